The molecule has 1 unspecified atom stereocenters. The average molecular weight is 534 g/mol. The zero-order valence-electron chi connectivity index (χ0n) is 18.9. The first-order chi connectivity index (χ1) is 16.5. The molecule has 0 radical (unpaired) electrons. The Kier molecular flexibility index (Phi) is 7.96. The Labute approximate surface area is 208 Å². The van der Waals surface area contributed by atoms with Crippen LogP contribution in [0.5, 0.6) is 0 Å². The van der Waals surface area contributed by atoms with Crippen molar-refractivity contribution in [1.29, 1.82) is 0 Å². The number of benzene rings is 4. The summed E-state index contributed by atoms with van der Waals surface area (Å²) in [5, 5.41) is 5.23. The standard InChI is InChI=1S/C28H26N2O2SSe/c1-23-17-19-26(20-18-23)33(31,32)30(29-21-24-11-5-2-6-12-24)28(25-13-7-3-8-14-25)22-34-27-15-9-4-10-16-27/h2-21,28H,22H2,1H3. The van der Waals surface area contributed by atoms with Gasteiger partial charge in [0.2, 0.25) is 0 Å². The predicted octanol–water partition coefficient (Wildman–Crippen LogP) is 5.21. The first-order valence-electron chi connectivity index (χ1n) is 11.0. The summed E-state index contributed by atoms with van der Waals surface area (Å²) < 4.78 is 30.3. The van der Waals surface area contributed by atoms with Crippen LogP contribution in [0.3, 0.4) is 0 Å². The van der Waals surface area contributed by atoms with Gasteiger partial charge in [0.15, 0.2) is 0 Å². The Morgan fingerprint density at radius 2 is 1.35 bits per heavy atom. The molecular weight excluding hydrogens is 507 g/mol. The van der Waals surface area contributed by atoms with Gasteiger partial charge in [-0.2, -0.15) is 0 Å². The molecule has 0 fully saturated rings. The molecule has 34 heavy (non-hydrogen) atoms. The van der Waals surface area contributed by atoms with Crippen molar-refractivity contribution in [2.75, 3.05) is 0 Å². The Morgan fingerprint density at radius 3 is 1.97 bits per heavy atom. The predicted molar refractivity (Wildman–Crippen MR) is 140 cm³/mol. The van der Waals surface area contributed by atoms with Gasteiger partial charge in [0.25, 0.3) is 0 Å². The van der Waals surface area contributed by atoms with Crippen LogP contribution in [0.1, 0.15) is 22.7 Å². The molecule has 0 saturated carbocycles. The Balaban J connectivity index is 1.78. The van der Waals surface area contributed by atoms with E-state index in [1.165, 1.54) is 8.88 Å². The van der Waals surface area contributed by atoms with Crippen molar-refractivity contribution < 1.29 is 8.42 Å². The summed E-state index contributed by atoms with van der Waals surface area (Å²) in [6.45, 7) is 1.94. The molecule has 0 aliphatic heterocycles. The topological polar surface area (TPSA) is 49.7 Å². The van der Waals surface area contributed by atoms with E-state index in [0.717, 1.165) is 16.7 Å². The van der Waals surface area contributed by atoms with E-state index in [4.69, 9.17) is 0 Å². The van der Waals surface area contributed by atoms with Crippen molar-refractivity contribution in [3.63, 3.8) is 0 Å². The number of nitrogens with zero attached hydrogens (tertiary/aromatic N) is 2. The molecule has 172 valence electrons. The van der Waals surface area contributed by atoms with Gasteiger partial charge in [-0.1, -0.05) is 0 Å². The molecule has 6 heteroatoms. The SMILES string of the molecule is Cc1ccc(S(=O)(=O)N(N=Cc2ccccc2)C(C[Se]c2ccccc2)c2ccccc2)cc1. The second-order valence-electron chi connectivity index (χ2n) is 7.80. The van der Waals surface area contributed by atoms with Crippen LogP contribution < -0.4 is 4.46 Å². The van der Waals surface area contributed by atoms with Gasteiger partial charge < -0.3 is 0 Å². The summed E-state index contributed by atoms with van der Waals surface area (Å²) in [4.78, 5) is 0.233. The summed E-state index contributed by atoms with van der Waals surface area (Å²) in [6, 6.07) is 36.0. The molecule has 1 atom stereocenters. The second kappa shape index (κ2) is 11.3. The molecule has 4 rings (SSSR count). The van der Waals surface area contributed by atoms with Crippen molar-refractivity contribution in [2.45, 2.75) is 23.2 Å². The molecule has 0 aliphatic rings. The maximum atomic E-state index is 13.9. The van der Waals surface area contributed by atoms with E-state index in [1.807, 2.05) is 97.9 Å². The van der Waals surface area contributed by atoms with Crippen molar-refractivity contribution in [1.82, 2.24) is 4.41 Å². The number of sulfonamides is 1. The van der Waals surface area contributed by atoms with Crippen molar-refractivity contribution in [2.24, 2.45) is 5.10 Å². The van der Waals surface area contributed by atoms with Crippen LogP contribution in [0.2, 0.25) is 5.32 Å². The molecule has 4 aromatic rings. The summed E-state index contributed by atoms with van der Waals surface area (Å²) in [5.74, 6) is 0. The van der Waals surface area contributed by atoms with Crippen LogP contribution in [0.25, 0.3) is 0 Å². The van der Waals surface area contributed by atoms with E-state index in [-0.39, 0.29) is 19.9 Å². The third kappa shape index (κ3) is 6.03. The van der Waals surface area contributed by atoms with E-state index in [0.29, 0.717) is 5.32 Å². The number of hydrazone groups is 1. The number of hydrogen-bond acceptors (Lipinski definition) is 3. The van der Waals surface area contributed by atoms with Gasteiger partial charge in [0.05, 0.1) is 0 Å². The summed E-state index contributed by atoms with van der Waals surface area (Å²) >= 11 is 0.0606. The molecule has 0 spiro atoms. The second-order valence-corrected chi connectivity index (χ2v) is 11.9. The Bertz CT molecular complexity index is 1310. The summed E-state index contributed by atoms with van der Waals surface area (Å²) in [5.41, 5.74) is 2.76. The minimum atomic E-state index is -3.89. The van der Waals surface area contributed by atoms with E-state index in [1.54, 1.807) is 18.3 Å². The summed E-state index contributed by atoms with van der Waals surface area (Å²) in [6.07, 6.45) is 1.62. The van der Waals surface area contributed by atoms with Crippen LogP contribution in [0.4, 0.5) is 0 Å². The zero-order chi connectivity index (χ0) is 23.8. The number of aryl methyl sites for hydroxylation is 1. The van der Waals surface area contributed by atoms with Crippen LogP contribution in [0.15, 0.2) is 125 Å². The Hall–Kier alpha value is -3.18. The van der Waals surface area contributed by atoms with E-state index in [9.17, 15) is 8.42 Å². The fourth-order valence-corrected chi connectivity index (χ4v) is 7.23. The molecule has 0 heterocycles. The third-order valence-electron chi connectivity index (χ3n) is 5.29. The van der Waals surface area contributed by atoms with Crippen molar-refractivity contribution in [3.8, 4) is 0 Å². The van der Waals surface area contributed by atoms with E-state index >= 15 is 0 Å². The molecule has 4 nitrogen and oxygen atoms in total. The Morgan fingerprint density at radius 1 is 0.794 bits per heavy atom. The fraction of sp³-hybridized carbons (Fsp3) is 0.107. The quantitative estimate of drug-likeness (QED) is 0.169. The molecule has 0 amide bonds. The van der Waals surface area contributed by atoms with Gasteiger partial charge in [0.1, 0.15) is 0 Å². The first kappa shape index (κ1) is 24.0. The number of hydrogen-bond donors (Lipinski definition) is 0. The van der Waals surface area contributed by atoms with Crippen molar-refractivity contribution >= 4 is 35.7 Å². The molecule has 0 aromatic heterocycles. The molecule has 0 N–H and O–H groups in total. The van der Waals surface area contributed by atoms with Gasteiger partial charge >= 0.3 is 209 Å². The van der Waals surface area contributed by atoms with E-state index in [2.05, 4.69) is 17.2 Å². The summed E-state index contributed by atoms with van der Waals surface area (Å²) in [7, 11) is -3.89. The molecule has 4 aromatic carbocycles. The van der Waals surface area contributed by atoms with Crippen molar-refractivity contribution in [3.05, 3.63) is 132 Å². The van der Waals surface area contributed by atoms with Crippen LogP contribution >= 0.6 is 0 Å². The van der Waals surface area contributed by atoms with Gasteiger partial charge in [-0.3, -0.25) is 0 Å². The molecule has 0 bridgehead atoms. The molecule has 0 saturated heterocycles. The van der Waals surface area contributed by atoms with Gasteiger partial charge in [0, 0.05) is 0 Å². The minimum absolute atomic E-state index is 0.0606. The average Bonchev–Trinajstić information content (AvgIpc) is 2.88. The number of rotatable bonds is 9. The van der Waals surface area contributed by atoms with E-state index < -0.39 is 16.1 Å². The normalized spacial score (nSPS) is 12.5. The van der Waals surface area contributed by atoms with Crippen LogP contribution in [-0.4, -0.2) is 34.0 Å². The monoisotopic (exact) mass is 534 g/mol. The third-order valence-corrected chi connectivity index (χ3v) is 9.28. The van der Waals surface area contributed by atoms with Crippen LogP contribution in [-0.2, 0) is 10.0 Å². The molecular formula is C28H26N2O2SSe. The van der Waals surface area contributed by atoms with Gasteiger partial charge in [-0.25, -0.2) is 0 Å². The molecule has 0 aliphatic carbocycles. The van der Waals surface area contributed by atoms with Crippen LogP contribution in [0, 0.1) is 6.92 Å². The van der Waals surface area contributed by atoms with Gasteiger partial charge in [-0.05, 0) is 0 Å². The fourth-order valence-electron chi connectivity index (χ4n) is 3.45. The first-order valence-corrected chi connectivity index (χ1v) is 14.5. The zero-order valence-corrected chi connectivity index (χ0v) is 21.4. The maximum absolute atomic E-state index is 13.9. The van der Waals surface area contributed by atoms with Gasteiger partial charge in [-0.15, -0.1) is 0 Å².